The number of hydrogen-bond acceptors (Lipinski definition) is 1. The molecule has 1 aliphatic carbocycles. The first-order chi connectivity index (χ1) is 11.1. The highest BCUT2D eigenvalue weighted by atomic mass is 19.3. The van der Waals surface area contributed by atoms with Crippen LogP contribution < -0.4 is 4.74 Å². The maximum atomic E-state index is 12.7. The minimum atomic E-state index is -2.26. The molecule has 1 aromatic rings. The summed E-state index contributed by atoms with van der Waals surface area (Å²) in [6.07, 6.45) is 5.02. The molecule has 4 heteroatoms. The van der Waals surface area contributed by atoms with Gasteiger partial charge in [0.2, 0.25) is 0 Å². The van der Waals surface area contributed by atoms with Crippen molar-refractivity contribution >= 4 is 0 Å². The van der Waals surface area contributed by atoms with E-state index in [2.05, 4.69) is 6.92 Å². The van der Waals surface area contributed by atoms with E-state index in [1.54, 1.807) is 0 Å². The van der Waals surface area contributed by atoms with Gasteiger partial charge < -0.3 is 4.74 Å². The molecular formula is C19H25F3O. The second kappa shape index (κ2) is 8.99. The lowest BCUT2D eigenvalue weighted by Gasteiger charge is -2.28. The lowest BCUT2D eigenvalue weighted by molar-refractivity contribution is 0.294. The smallest absolute Gasteiger partial charge is 0.301 e. The number of ether oxygens (including phenoxy) is 1. The predicted octanol–water partition coefficient (Wildman–Crippen LogP) is 6.61. The summed E-state index contributed by atoms with van der Waals surface area (Å²) < 4.78 is 41.9. The summed E-state index contributed by atoms with van der Waals surface area (Å²) in [5.74, 6) is 0.696. The molecule has 0 saturated heterocycles. The van der Waals surface area contributed by atoms with Crippen molar-refractivity contribution in [2.75, 3.05) is 6.61 Å². The zero-order chi connectivity index (χ0) is 16.7. The van der Waals surface area contributed by atoms with Crippen molar-refractivity contribution in [2.24, 2.45) is 5.92 Å². The summed E-state index contributed by atoms with van der Waals surface area (Å²) in [5, 5.41) is 0. The third kappa shape index (κ3) is 5.60. The first kappa shape index (κ1) is 17.9. The third-order valence-electron chi connectivity index (χ3n) is 4.69. The topological polar surface area (TPSA) is 9.23 Å². The predicted molar refractivity (Wildman–Crippen MR) is 86.5 cm³/mol. The van der Waals surface area contributed by atoms with Crippen molar-refractivity contribution < 1.29 is 17.9 Å². The molecule has 0 unspecified atom stereocenters. The van der Waals surface area contributed by atoms with Gasteiger partial charge in [-0.05, 0) is 55.2 Å². The van der Waals surface area contributed by atoms with Gasteiger partial charge in [0.05, 0.1) is 6.61 Å². The Bertz CT molecular complexity index is 498. The van der Waals surface area contributed by atoms with Crippen LogP contribution in [0.25, 0.3) is 0 Å². The Morgan fingerprint density at radius 1 is 1.04 bits per heavy atom. The largest absolute Gasteiger partial charge is 0.493 e. The first-order valence-electron chi connectivity index (χ1n) is 8.52. The van der Waals surface area contributed by atoms with Gasteiger partial charge in [0.25, 0.3) is 0 Å². The van der Waals surface area contributed by atoms with Gasteiger partial charge >= 0.3 is 6.08 Å². The second-order valence-corrected chi connectivity index (χ2v) is 6.34. The molecule has 0 aromatic heterocycles. The molecule has 0 bridgehead atoms. The fourth-order valence-electron chi connectivity index (χ4n) is 3.38. The zero-order valence-electron chi connectivity index (χ0n) is 13.7. The quantitative estimate of drug-likeness (QED) is 0.548. The summed E-state index contributed by atoms with van der Waals surface area (Å²) in [4.78, 5) is 0. The van der Waals surface area contributed by atoms with E-state index in [1.165, 1.54) is 44.1 Å². The van der Waals surface area contributed by atoms with Crippen LogP contribution in [0.15, 0.2) is 36.2 Å². The maximum Gasteiger partial charge on any atom is 0.301 e. The molecule has 0 spiro atoms. The fourth-order valence-corrected chi connectivity index (χ4v) is 3.38. The Kier molecular flexibility index (Phi) is 7.00. The molecule has 1 fully saturated rings. The summed E-state index contributed by atoms with van der Waals surface area (Å²) in [6, 6.07) is 7.78. The normalized spacial score (nSPS) is 21.0. The maximum absolute atomic E-state index is 12.7. The fraction of sp³-hybridized carbons (Fsp3) is 0.579. The van der Waals surface area contributed by atoms with Crippen molar-refractivity contribution in [1.29, 1.82) is 0 Å². The Hall–Kier alpha value is -1.45. The van der Waals surface area contributed by atoms with Crippen LogP contribution >= 0.6 is 0 Å². The van der Waals surface area contributed by atoms with E-state index in [0.717, 1.165) is 5.92 Å². The van der Waals surface area contributed by atoms with E-state index >= 15 is 0 Å². The average molecular weight is 326 g/mol. The summed E-state index contributed by atoms with van der Waals surface area (Å²) in [5.41, 5.74) is 1.31. The molecule has 2 rings (SSSR count). The molecule has 1 aromatic carbocycles. The summed E-state index contributed by atoms with van der Waals surface area (Å²) >= 11 is 0. The molecule has 1 aliphatic rings. The lowest BCUT2D eigenvalue weighted by Crippen LogP contribution is -2.13. The highest BCUT2D eigenvalue weighted by Crippen LogP contribution is 2.37. The number of halogens is 3. The minimum absolute atomic E-state index is 0.0787. The highest BCUT2D eigenvalue weighted by Gasteiger charge is 2.21. The average Bonchev–Trinajstić information content (AvgIpc) is 2.56. The lowest BCUT2D eigenvalue weighted by atomic mass is 9.77. The molecule has 0 amide bonds. The summed E-state index contributed by atoms with van der Waals surface area (Å²) in [7, 11) is 0. The van der Waals surface area contributed by atoms with Crippen LogP contribution in [0.1, 0.15) is 63.4 Å². The Morgan fingerprint density at radius 3 is 2.26 bits per heavy atom. The molecule has 0 aliphatic heterocycles. The SMILES string of the molecule is CCCC1CCC(c2ccc(OCCC(F)=C(F)F)cc2)CC1. The van der Waals surface area contributed by atoms with E-state index < -0.39 is 18.3 Å². The van der Waals surface area contributed by atoms with Crippen molar-refractivity contribution in [1.82, 2.24) is 0 Å². The van der Waals surface area contributed by atoms with Crippen LogP contribution in [-0.4, -0.2) is 6.61 Å². The van der Waals surface area contributed by atoms with E-state index in [1.807, 2.05) is 24.3 Å². The number of benzene rings is 1. The van der Waals surface area contributed by atoms with E-state index in [-0.39, 0.29) is 6.61 Å². The molecule has 23 heavy (non-hydrogen) atoms. The third-order valence-corrected chi connectivity index (χ3v) is 4.69. The van der Waals surface area contributed by atoms with Crippen molar-refractivity contribution in [3.05, 3.63) is 41.7 Å². The van der Waals surface area contributed by atoms with Gasteiger partial charge in [-0.15, -0.1) is 0 Å². The molecule has 0 N–H and O–H groups in total. The van der Waals surface area contributed by atoms with Crippen LogP contribution in [0.4, 0.5) is 13.2 Å². The minimum Gasteiger partial charge on any atom is -0.493 e. The molecule has 0 atom stereocenters. The van der Waals surface area contributed by atoms with E-state index in [0.29, 0.717) is 11.7 Å². The number of rotatable bonds is 7. The highest BCUT2D eigenvalue weighted by molar-refractivity contribution is 5.29. The monoisotopic (exact) mass is 326 g/mol. The Labute approximate surface area is 136 Å². The van der Waals surface area contributed by atoms with Gasteiger partial charge in [-0.25, -0.2) is 4.39 Å². The molecular weight excluding hydrogens is 301 g/mol. The van der Waals surface area contributed by atoms with Gasteiger partial charge in [0.15, 0.2) is 5.83 Å². The van der Waals surface area contributed by atoms with Gasteiger partial charge in [-0.2, -0.15) is 8.78 Å². The van der Waals surface area contributed by atoms with Gasteiger partial charge in [0, 0.05) is 6.42 Å². The van der Waals surface area contributed by atoms with Gasteiger partial charge in [-0.3, -0.25) is 0 Å². The van der Waals surface area contributed by atoms with Crippen LogP contribution in [0.2, 0.25) is 0 Å². The van der Waals surface area contributed by atoms with Crippen LogP contribution in [0, 0.1) is 5.92 Å². The van der Waals surface area contributed by atoms with E-state index in [4.69, 9.17) is 4.74 Å². The Balaban J connectivity index is 1.80. The van der Waals surface area contributed by atoms with Crippen LogP contribution in [-0.2, 0) is 0 Å². The molecule has 1 nitrogen and oxygen atoms in total. The van der Waals surface area contributed by atoms with Crippen molar-refractivity contribution in [3.63, 3.8) is 0 Å². The molecule has 0 heterocycles. The van der Waals surface area contributed by atoms with Crippen molar-refractivity contribution in [2.45, 2.75) is 57.8 Å². The van der Waals surface area contributed by atoms with E-state index in [9.17, 15) is 13.2 Å². The van der Waals surface area contributed by atoms with Crippen molar-refractivity contribution in [3.8, 4) is 5.75 Å². The number of hydrogen-bond donors (Lipinski definition) is 0. The van der Waals surface area contributed by atoms with Crippen LogP contribution in [0.5, 0.6) is 5.75 Å². The van der Waals surface area contributed by atoms with Gasteiger partial charge in [-0.1, -0.05) is 31.9 Å². The first-order valence-corrected chi connectivity index (χ1v) is 8.52. The second-order valence-electron chi connectivity index (χ2n) is 6.34. The standard InChI is InChI=1S/C19H25F3O/c1-2-3-14-4-6-15(7-5-14)16-8-10-17(11-9-16)23-13-12-18(20)19(21)22/h8-11,14-15H,2-7,12-13H2,1H3. The Morgan fingerprint density at radius 2 is 1.70 bits per heavy atom. The van der Waals surface area contributed by atoms with Crippen LogP contribution in [0.3, 0.4) is 0 Å². The van der Waals surface area contributed by atoms with Gasteiger partial charge in [0.1, 0.15) is 5.75 Å². The molecule has 0 radical (unpaired) electrons. The summed E-state index contributed by atoms with van der Waals surface area (Å²) in [6.45, 7) is 2.17. The molecule has 128 valence electrons. The zero-order valence-corrected chi connectivity index (χ0v) is 13.7. The molecule has 1 saturated carbocycles.